The van der Waals surface area contributed by atoms with Crippen molar-refractivity contribution < 1.29 is 23.8 Å². The molecule has 0 aliphatic carbocycles. The minimum atomic E-state index is -0.570. The van der Waals surface area contributed by atoms with Crippen molar-refractivity contribution in [2.75, 3.05) is 7.11 Å². The van der Waals surface area contributed by atoms with E-state index in [0.29, 0.717) is 26.4 Å². The fourth-order valence-corrected chi connectivity index (χ4v) is 3.02. The predicted molar refractivity (Wildman–Crippen MR) is 104 cm³/mol. The first-order valence-electron chi connectivity index (χ1n) is 7.72. The van der Waals surface area contributed by atoms with Crippen LogP contribution in [0, 0.1) is 0 Å². The van der Waals surface area contributed by atoms with Crippen molar-refractivity contribution in [3.05, 3.63) is 62.7 Å². The normalized spacial score (nSPS) is 14.7. The van der Waals surface area contributed by atoms with E-state index in [0.717, 1.165) is 0 Å². The van der Waals surface area contributed by atoms with Crippen LogP contribution < -0.4 is 9.47 Å². The maximum absolute atomic E-state index is 12.1. The fraction of sp³-hybridized carbons (Fsp3) is 0.105. The van der Waals surface area contributed by atoms with Gasteiger partial charge in [0.25, 0.3) is 0 Å². The number of ether oxygens (including phenoxy) is 3. The Kier molecular flexibility index (Phi) is 5.62. The molecule has 1 aliphatic rings. The van der Waals surface area contributed by atoms with E-state index >= 15 is 0 Å². The standard InChI is InChI=1S/C19H13BrClNO5/c1-10(23)26-17-14(20)7-11(9-16(17)25-2)8-15-19(24)27-18(22-15)12-3-5-13(21)6-4-12/h3-9H,1-2H3/b15-8+. The van der Waals surface area contributed by atoms with Crippen LogP contribution >= 0.6 is 27.5 Å². The van der Waals surface area contributed by atoms with Gasteiger partial charge in [-0.2, -0.15) is 0 Å². The number of aliphatic imine (C=N–C) groups is 1. The molecule has 0 N–H and O–H groups in total. The molecule has 0 amide bonds. The van der Waals surface area contributed by atoms with E-state index in [4.69, 9.17) is 25.8 Å². The molecule has 0 fully saturated rings. The number of benzene rings is 2. The largest absolute Gasteiger partial charge is 0.493 e. The number of hydrogen-bond acceptors (Lipinski definition) is 6. The van der Waals surface area contributed by atoms with Gasteiger partial charge in [0.1, 0.15) is 0 Å². The molecule has 0 saturated carbocycles. The van der Waals surface area contributed by atoms with Crippen LogP contribution in [0.25, 0.3) is 6.08 Å². The Balaban J connectivity index is 1.96. The van der Waals surface area contributed by atoms with Crippen LogP contribution in [0.2, 0.25) is 5.02 Å². The van der Waals surface area contributed by atoms with Crippen molar-refractivity contribution in [2.45, 2.75) is 6.92 Å². The molecule has 6 nitrogen and oxygen atoms in total. The Morgan fingerprint density at radius 1 is 1.26 bits per heavy atom. The first kappa shape index (κ1) is 19.1. The lowest BCUT2D eigenvalue weighted by Crippen LogP contribution is -2.05. The van der Waals surface area contributed by atoms with Crippen LogP contribution in [0.15, 0.2) is 51.6 Å². The molecule has 0 aromatic heterocycles. The van der Waals surface area contributed by atoms with E-state index in [-0.39, 0.29) is 17.3 Å². The Morgan fingerprint density at radius 3 is 2.59 bits per heavy atom. The Labute approximate surface area is 168 Å². The molecular formula is C19H13BrClNO5. The summed E-state index contributed by atoms with van der Waals surface area (Å²) >= 11 is 9.20. The molecule has 2 aromatic rings. The first-order valence-corrected chi connectivity index (χ1v) is 8.89. The van der Waals surface area contributed by atoms with Crippen LogP contribution in [-0.4, -0.2) is 24.9 Å². The Bertz CT molecular complexity index is 982. The minimum Gasteiger partial charge on any atom is -0.493 e. The van der Waals surface area contributed by atoms with Crippen LogP contribution in [0.3, 0.4) is 0 Å². The number of cyclic esters (lactones) is 1. The summed E-state index contributed by atoms with van der Waals surface area (Å²) in [6.45, 7) is 1.29. The van der Waals surface area contributed by atoms with Gasteiger partial charge in [-0.1, -0.05) is 11.6 Å². The molecule has 0 atom stereocenters. The lowest BCUT2D eigenvalue weighted by Gasteiger charge is -2.11. The Morgan fingerprint density at radius 2 is 1.96 bits per heavy atom. The highest BCUT2D eigenvalue weighted by atomic mass is 79.9. The lowest BCUT2D eigenvalue weighted by molar-refractivity contribution is -0.132. The molecule has 138 valence electrons. The fourth-order valence-electron chi connectivity index (χ4n) is 2.35. The molecule has 0 bridgehead atoms. The van der Waals surface area contributed by atoms with Crippen molar-refractivity contribution in [2.24, 2.45) is 4.99 Å². The third kappa shape index (κ3) is 4.37. The quantitative estimate of drug-likeness (QED) is 0.393. The van der Waals surface area contributed by atoms with E-state index < -0.39 is 11.9 Å². The molecule has 0 unspecified atom stereocenters. The van der Waals surface area contributed by atoms with E-state index in [1.54, 1.807) is 42.5 Å². The van der Waals surface area contributed by atoms with Gasteiger partial charge in [-0.15, -0.1) is 0 Å². The molecule has 1 heterocycles. The summed E-state index contributed by atoms with van der Waals surface area (Å²) in [5.41, 5.74) is 1.39. The number of esters is 2. The number of nitrogens with zero attached hydrogens (tertiary/aromatic N) is 1. The zero-order valence-corrected chi connectivity index (χ0v) is 16.6. The van der Waals surface area contributed by atoms with Gasteiger partial charge in [0.2, 0.25) is 5.90 Å². The molecule has 2 aromatic carbocycles. The summed E-state index contributed by atoms with van der Waals surface area (Å²) in [7, 11) is 1.45. The summed E-state index contributed by atoms with van der Waals surface area (Å²) in [5.74, 6) is -0.257. The summed E-state index contributed by atoms with van der Waals surface area (Å²) in [4.78, 5) is 27.6. The van der Waals surface area contributed by atoms with Gasteiger partial charge in [0.05, 0.1) is 11.6 Å². The molecule has 27 heavy (non-hydrogen) atoms. The van der Waals surface area contributed by atoms with Gasteiger partial charge in [0, 0.05) is 17.5 Å². The van der Waals surface area contributed by atoms with E-state index in [1.165, 1.54) is 14.0 Å². The van der Waals surface area contributed by atoms with Crippen LogP contribution in [0.1, 0.15) is 18.1 Å². The number of carbonyl (C=O) groups excluding carboxylic acids is 2. The van der Waals surface area contributed by atoms with E-state index in [9.17, 15) is 9.59 Å². The third-order valence-electron chi connectivity index (χ3n) is 3.51. The van der Waals surface area contributed by atoms with Gasteiger partial charge < -0.3 is 14.2 Å². The van der Waals surface area contributed by atoms with Gasteiger partial charge in [-0.05, 0) is 64.0 Å². The summed E-state index contributed by atoms with van der Waals surface area (Å²) in [6, 6.07) is 10.1. The van der Waals surface area contributed by atoms with Crippen molar-refractivity contribution in [3.8, 4) is 11.5 Å². The zero-order chi connectivity index (χ0) is 19.6. The molecule has 1 aliphatic heterocycles. The van der Waals surface area contributed by atoms with Crippen molar-refractivity contribution >= 4 is 51.4 Å². The zero-order valence-electron chi connectivity index (χ0n) is 14.3. The van der Waals surface area contributed by atoms with E-state index in [2.05, 4.69) is 20.9 Å². The molecule has 0 spiro atoms. The highest BCUT2D eigenvalue weighted by Crippen LogP contribution is 2.37. The van der Waals surface area contributed by atoms with Crippen LogP contribution in [-0.2, 0) is 14.3 Å². The van der Waals surface area contributed by atoms with Crippen molar-refractivity contribution in [1.82, 2.24) is 0 Å². The number of carbonyl (C=O) groups is 2. The number of halogens is 2. The first-order chi connectivity index (χ1) is 12.9. The summed E-state index contributed by atoms with van der Waals surface area (Å²) in [6.07, 6.45) is 1.55. The monoisotopic (exact) mass is 449 g/mol. The van der Waals surface area contributed by atoms with E-state index in [1.807, 2.05) is 0 Å². The summed E-state index contributed by atoms with van der Waals surface area (Å²) in [5, 5.41) is 0.573. The molecule has 3 rings (SSSR count). The second-order valence-corrected chi connectivity index (χ2v) is 6.76. The average molecular weight is 451 g/mol. The second kappa shape index (κ2) is 7.94. The number of methoxy groups -OCH3 is 1. The van der Waals surface area contributed by atoms with Gasteiger partial charge in [-0.25, -0.2) is 9.79 Å². The van der Waals surface area contributed by atoms with Gasteiger partial charge in [-0.3, -0.25) is 4.79 Å². The smallest absolute Gasteiger partial charge is 0.363 e. The molecular weight excluding hydrogens is 438 g/mol. The topological polar surface area (TPSA) is 74.2 Å². The highest BCUT2D eigenvalue weighted by molar-refractivity contribution is 9.10. The Hall–Kier alpha value is -2.64. The van der Waals surface area contributed by atoms with Crippen molar-refractivity contribution in [3.63, 3.8) is 0 Å². The number of hydrogen-bond donors (Lipinski definition) is 0. The lowest BCUT2D eigenvalue weighted by atomic mass is 10.1. The molecule has 0 saturated heterocycles. The SMILES string of the molecule is COc1cc(/C=C2/N=C(c3ccc(Cl)cc3)OC2=O)cc(Br)c1OC(C)=O. The maximum atomic E-state index is 12.1. The summed E-state index contributed by atoms with van der Waals surface area (Å²) < 4.78 is 16.1. The predicted octanol–water partition coefficient (Wildman–Crippen LogP) is 4.38. The molecule has 0 radical (unpaired) electrons. The van der Waals surface area contributed by atoms with Crippen molar-refractivity contribution in [1.29, 1.82) is 0 Å². The molecule has 8 heteroatoms. The van der Waals surface area contributed by atoms with Crippen LogP contribution in [0.4, 0.5) is 0 Å². The van der Waals surface area contributed by atoms with Gasteiger partial charge in [0.15, 0.2) is 17.2 Å². The number of rotatable bonds is 4. The third-order valence-corrected chi connectivity index (χ3v) is 4.35. The van der Waals surface area contributed by atoms with Gasteiger partial charge >= 0.3 is 11.9 Å². The highest BCUT2D eigenvalue weighted by Gasteiger charge is 2.24. The van der Waals surface area contributed by atoms with Crippen LogP contribution in [0.5, 0.6) is 11.5 Å². The minimum absolute atomic E-state index is 0.133. The maximum Gasteiger partial charge on any atom is 0.363 e. The average Bonchev–Trinajstić information content (AvgIpc) is 2.98. The second-order valence-electron chi connectivity index (χ2n) is 5.47.